The second kappa shape index (κ2) is 5.57. The fourth-order valence-corrected chi connectivity index (χ4v) is 1.94. The smallest absolute Gasteiger partial charge is 0.0996 e. The summed E-state index contributed by atoms with van der Waals surface area (Å²) in [4.78, 5) is 0. The van der Waals surface area contributed by atoms with Gasteiger partial charge in [0.2, 0.25) is 0 Å². The molecule has 0 radical (unpaired) electrons. The van der Waals surface area contributed by atoms with Crippen LogP contribution in [0.3, 0.4) is 0 Å². The van der Waals surface area contributed by atoms with Crippen LogP contribution in [0.1, 0.15) is 16.7 Å². The van der Waals surface area contributed by atoms with E-state index in [-0.39, 0.29) is 0 Å². The largest absolute Gasteiger partial charge is 0.398 e. The van der Waals surface area contributed by atoms with Crippen molar-refractivity contribution in [1.29, 1.82) is 0 Å². The first-order chi connectivity index (χ1) is 9.08. The van der Waals surface area contributed by atoms with Gasteiger partial charge in [-0.3, -0.25) is 0 Å². The summed E-state index contributed by atoms with van der Waals surface area (Å²) >= 11 is 0. The van der Waals surface area contributed by atoms with E-state index < -0.39 is 0 Å². The van der Waals surface area contributed by atoms with Crippen LogP contribution in [0.5, 0.6) is 0 Å². The Morgan fingerprint density at radius 1 is 1.05 bits per heavy atom. The van der Waals surface area contributed by atoms with Crippen LogP contribution < -0.4 is 5.73 Å². The van der Waals surface area contributed by atoms with E-state index in [1.54, 1.807) is 5.01 Å². The van der Waals surface area contributed by atoms with E-state index in [4.69, 9.17) is 5.73 Å². The summed E-state index contributed by atoms with van der Waals surface area (Å²) < 4.78 is 0. The number of hydrazone groups is 1. The first-order valence-electron chi connectivity index (χ1n) is 6.26. The summed E-state index contributed by atoms with van der Waals surface area (Å²) in [5, 5.41) is 6.39. The maximum Gasteiger partial charge on any atom is 0.0996 e. The minimum Gasteiger partial charge on any atom is -0.398 e. The molecular formula is C16H19N3. The van der Waals surface area contributed by atoms with Crippen LogP contribution >= 0.6 is 0 Å². The predicted molar refractivity (Wildman–Crippen MR) is 81.4 cm³/mol. The lowest BCUT2D eigenvalue weighted by atomic mass is 9.99. The van der Waals surface area contributed by atoms with Gasteiger partial charge in [0.05, 0.1) is 5.71 Å². The second-order valence-electron chi connectivity index (χ2n) is 4.75. The summed E-state index contributed by atoms with van der Waals surface area (Å²) in [6.07, 6.45) is 0. The number of hydrogen-bond donors (Lipinski definition) is 1. The first-order valence-corrected chi connectivity index (χ1v) is 6.26. The van der Waals surface area contributed by atoms with Crippen molar-refractivity contribution in [3.63, 3.8) is 0 Å². The molecule has 0 bridgehead atoms. The minimum absolute atomic E-state index is 0.745. The van der Waals surface area contributed by atoms with Crippen molar-refractivity contribution in [2.45, 2.75) is 6.92 Å². The Morgan fingerprint density at radius 2 is 1.74 bits per heavy atom. The van der Waals surface area contributed by atoms with Crippen molar-refractivity contribution in [2.24, 2.45) is 5.10 Å². The molecular weight excluding hydrogens is 234 g/mol. The molecule has 0 aliphatic rings. The van der Waals surface area contributed by atoms with Gasteiger partial charge in [-0.2, -0.15) is 5.10 Å². The maximum absolute atomic E-state index is 6.10. The van der Waals surface area contributed by atoms with Gasteiger partial charge in [-0.15, -0.1) is 0 Å². The Balaban J connectivity index is 2.59. The van der Waals surface area contributed by atoms with E-state index in [2.05, 4.69) is 18.1 Å². The van der Waals surface area contributed by atoms with Gasteiger partial charge in [0.25, 0.3) is 0 Å². The number of anilines is 1. The Bertz CT molecular complexity index is 586. The molecule has 2 aromatic rings. The monoisotopic (exact) mass is 253 g/mol. The van der Waals surface area contributed by atoms with Crippen LogP contribution in [0.4, 0.5) is 5.69 Å². The molecule has 2 rings (SSSR count). The van der Waals surface area contributed by atoms with E-state index >= 15 is 0 Å². The predicted octanol–water partition coefficient (Wildman–Crippen LogP) is 2.89. The van der Waals surface area contributed by atoms with Crippen molar-refractivity contribution < 1.29 is 0 Å². The maximum atomic E-state index is 6.10. The standard InChI is InChI=1S/C16H19N3/c1-12-9-10-15(17)14(11-12)16(18-19(2)3)13-7-5-4-6-8-13/h4-11H,17H2,1-3H3/b18-16+. The van der Waals surface area contributed by atoms with Crippen LogP contribution in [0, 0.1) is 6.92 Å². The summed E-state index contributed by atoms with van der Waals surface area (Å²) in [5.74, 6) is 0. The normalized spacial score (nSPS) is 11.4. The van der Waals surface area contributed by atoms with Crippen molar-refractivity contribution in [2.75, 3.05) is 19.8 Å². The van der Waals surface area contributed by atoms with Crippen molar-refractivity contribution >= 4 is 11.4 Å². The third-order valence-electron chi connectivity index (χ3n) is 2.81. The number of aryl methyl sites for hydroxylation is 1. The highest BCUT2D eigenvalue weighted by Crippen LogP contribution is 2.19. The highest BCUT2D eigenvalue weighted by molar-refractivity contribution is 6.15. The average Bonchev–Trinajstić information content (AvgIpc) is 2.40. The molecule has 3 nitrogen and oxygen atoms in total. The molecule has 2 aromatic carbocycles. The van der Waals surface area contributed by atoms with Crippen LogP contribution in [0.15, 0.2) is 53.6 Å². The highest BCUT2D eigenvalue weighted by Gasteiger charge is 2.11. The SMILES string of the molecule is Cc1ccc(N)c(/C(=N/N(C)C)c2ccccc2)c1. The van der Waals surface area contributed by atoms with E-state index in [0.29, 0.717) is 0 Å². The third kappa shape index (κ3) is 3.13. The van der Waals surface area contributed by atoms with Gasteiger partial charge >= 0.3 is 0 Å². The number of nitrogen functional groups attached to an aromatic ring is 1. The van der Waals surface area contributed by atoms with E-state index in [9.17, 15) is 0 Å². The quantitative estimate of drug-likeness (QED) is 0.519. The molecule has 0 unspecified atom stereocenters. The zero-order valence-electron chi connectivity index (χ0n) is 11.6. The highest BCUT2D eigenvalue weighted by atomic mass is 15.4. The van der Waals surface area contributed by atoms with E-state index in [0.717, 1.165) is 22.5 Å². The van der Waals surface area contributed by atoms with Gasteiger partial charge in [0, 0.05) is 30.9 Å². The van der Waals surface area contributed by atoms with Crippen molar-refractivity contribution in [1.82, 2.24) is 5.01 Å². The number of rotatable bonds is 3. The van der Waals surface area contributed by atoms with Crippen LogP contribution in [0.2, 0.25) is 0 Å². The van der Waals surface area contributed by atoms with E-state index in [1.165, 1.54) is 5.56 Å². The van der Waals surface area contributed by atoms with Crippen molar-refractivity contribution in [3.8, 4) is 0 Å². The molecule has 2 N–H and O–H groups in total. The fourth-order valence-electron chi connectivity index (χ4n) is 1.94. The summed E-state index contributed by atoms with van der Waals surface area (Å²) in [7, 11) is 3.82. The lowest BCUT2D eigenvalue weighted by molar-refractivity contribution is 0.438. The zero-order valence-corrected chi connectivity index (χ0v) is 11.6. The van der Waals surface area contributed by atoms with Crippen LogP contribution in [-0.2, 0) is 0 Å². The Hall–Kier alpha value is -2.29. The number of hydrogen-bond acceptors (Lipinski definition) is 3. The lowest BCUT2D eigenvalue weighted by Crippen LogP contribution is -2.13. The zero-order chi connectivity index (χ0) is 13.8. The molecule has 0 amide bonds. The van der Waals surface area contributed by atoms with Gasteiger partial charge in [0.15, 0.2) is 0 Å². The Morgan fingerprint density at radius 3 is 2.37 bits per heavy atom. The van der Waals surface area contributed by atoms with Gasteiger partial charge in [-0.1, -0.05) is 42.0 Å². The minimum atomic E-state index is 0.745. The van der Waals surface area contributed by atoms with Gasteiger partial charge in [-0.05, 0) is 19.1 Å². The molecule has 0 spiro atoms. The average molecular weight is 253 g/mol. The van der Waals surface area contributed by atoms with Gasteiger partial charge in [0.1, 0.15) is 0 Å². The van der Waals surface area contributed by atoms with Crippen LogP contribution in [-0.4, -0.2) is 24.8 Å². The Labute approximate surface area is 114 Å². The summed E-state index contributed by atoms with van der Waals surface area (Å²) in [5.41, 5.74) is 11.0. The fraction of sp³-hybridized carbons (Fsp3) is 0.188. The van der Waals surface area contributed by atoms with Gasteiger partial charge in [-0.25, -0.2) is 0 Å². The topological polar surface area (TPSA) is 41.6 Å². The molecule has 3 heteroatoms. The molecule has 0 heterocycles. The number of nitrogens with zero attached hydrogens (tertiary/aromatic N) is 2. The number of nitrogens with two attached hydrogens (primary N) is 1. The lowest BCUT2D eigenvalue weighted by Gasteiger charge is -2.14. The Kier molecular flexibility index (Phi) is 3.85. The van der Waals surface area contributed by atoms with Crippen LogP contribution in [0.25, 0.3) is 0 Å². The molecule has 0 aliphatic carbocycles. The van der Waals surface area contributed by atoms with Crippen molar-refractivity contribution in [3.05, 3.63) is 65.2 Å². The molecule has 0 aromatic heterocycles. The molecule has 0 atom stereocenters. The first kappa shape index (κ1) is 13.1. The molecule has 98 valence electrons. The third-order valence-corrected chi connectivity index (χ3v) is 2.81. The number of benzene rings is 2. The van der Waals surface area contributed by atoms with Gasteiger partial charge < -0.3 is 10.7 Å². The summed E-state index contributed by atoms with van der Waals surface area (Å²) in [6, 6.07) is 16.1. The molecule has 0 saturated heterocycles. The molecule has 0 saturated carbocycles. The molecule has 0 aliphatic heterocycles. The van der Waals surface area contributed by atoms with E-state index in [1.807, 2.05) is 56.6 Å². The molecule has 0 fully saturated rings. The second-order valence-corrected chi connectivity index (χ2v) is 4.75. The molecule has 19 heavy (non-hydrogen) atoms. The summed E-state index contributed by atoms with van der Waals surface area (Å²) in [6.45, 7) is 2.06.